The van der Waals surface area contributed by atoms with Gasteiger partial charge in [-0.2, -0.15) is 0 Å². The first-order chi connectivity index (χ1) is 4.90. The van der Waals surface area contributed by atoms with Crippen molar-refractivity contribution in [3.05, 3.63) is 0 Å². The first-order valence-electron chi connectivity index (χ1n) is 4.31. The lowest BCUT2D eigenvalue weighted by molar-refractivity contribution is -0.0918. The molecular weight excluding hydrogens is 140 g/mol. The third-order valence-electron chi connectivity index (χ3n) is 4.05. The predicted molar refractivity (Wildman–Crippen MR) is 42.0 cm³/mol. The molecule has 2 aliphatic carbocycles. The third-order valence-corrected chi connectivity index (χ3v) is 4.05. The van der Waals surface area contributed by atoms with Crippen molar-refractivity contribution in [2.75, 3.05) is 0 Å². The van der Waals surface area contributed by atoms with Crippen LogP contribution in [0.3, 0.4) is 0 Å². The van der Waals surface area contributed by atoms with Gasteiger partial charge in [-0.3, -0.25) is 0 Å². The van der Waals surface area contributed by atoms with Crippen molar-refractivity contribution < 1.29 is 10.2 Å². The number of hydrogen-bond acceptors (Lipinski definition) is 2. The third kappa shape index (κ3) is 0.651. The molecule has 0 amide bonds. The Morgan fingerprint density at radius 2 is 1.91 bits per heavy atom. The Morgan fingerprint density at radius 1 is 1.36 bits per heavy atom. The molecule has 0 heterocycles. The normalized spacial score (nSPS) is 67.9. The van der Waals surface area contributed by atoms with E-state index in [1.54, 1.807) is 6.92 Å². The molecule has 2 aliphatic rings. The number of fused-ring (bicyclic) bond motifs is 1. The minimum atomic E-state index is -0.850. The summed E-state index contributed by atoms with van der Waals surface area (Å²) >= 11 is 0. The molecule has 11 heavy (non-hydrogen) atoms. The van der Waals surface area contributed by atoms with Crippen LogP contribution in [0, 0.1) is 17.3 Å². The van der Waals surface area contributed by atoms with Gasteiger partial charge in [-0.1, -0.05) is 13.8 Å². The summed E-state index contributed by atoms with van der Waals surface area (Å²) in [5.41, 5.74) is -0.819. The van der Waals surface area contributed by atoms with Crippen molar-refractivity contribution >= 4 is 0 Å². The van der Waals surface area contributed by atoms with Crippen LogP contribution < -0.4 is 0 Å². The van der Waals surface area contributed by atoms with Crippen molar-refractivity contribution in [3.63, 3.8) is 0 Å². The molecule has 2 saturated carbocycles. The smallest absolute Gasteiger partial charge is 0.0911 e. The van der Waals surface area contributed by atoms with Gasteiger partial charge in [0, 0.05) is 0 Å². The Morgan fingerprint density at radius 3 is 2.09 bits per heavy atom. The summed E-state index contributed by atoms with van der Waals surface area (Å²) in [5, 5.41) is 19.6. The van der Waals surface area contributed by atoms with Gasteiger partial charge in [-0.05, 0) is 30.6 Å². The Balaban J connectivity index is 2.32. The number of aliphatic hydroxyl groups excluding tert-OH is 1. The van der Waals surface area contributed by atoms with Crippen LogP contribution in [0.2, 0.25) is 0 Å². The standard InChI is InChI=1S/C9H16O2/c1-5-6-4-8(6,2)7(10)9(5,3)11/h5-7,10-11H,4H2,1-3H3. The second kappa shape index (κ2) is 1.64. The van der Waals surface area contributed by atoms with E-state index in [1.807, 2.05) is 6.92 Å². The lowest BCUT2D eigenvalue weighted by atomic mass is 9.86. The first-order valence-corrected chi connectivity index (χ1v) is 4.31. The monoisotopic (exact) mass is 156 g/mol. The van der Waals surface area contributed by atoms with Crippen LogP contribution in [-0.2, 0) is 0 Å². The van der Waals surface area contributed by atoms with Crippen molar-refractivity contribution in [2.24, 2.45) is 17.3 Å². The van der Waals surface area contributed by atoms with E-state index in [0.717, 1.165) is 6.42 Å². The van der Waals surface area contributed by atoms with Crippen LogP contribution in [0.4, 0.5) is 0 Å². The van der Waals surface area contributed by atoms with Gasteiger partial charge in [0.15, 0.2) is 0 Å². The van der Waals surface area contributed by atoms with Crippen LogP contribution in [0.5, 0.6) is 0 Å². The maximum absolute atomic E-state index is 9.85. The van der Waals surface area contributed by atoms with E-state index in [9.17, 15) is 10.2 Å². The summed E-state index contributed by atoms with van der Waals surface area (Å²) in [6.45, 7) is 5.85. The average molecular weight is 156 g/mol. The molecule has 0 bridgehead atoms. The van der Waals surface area contributed by atoms with Crippen LogP contribution in [0.1, 0.15) is 27.2 Å². The van der Waals surface area contributed by atoms with Gasteiger partial charge in [0.1, 0.15) is 0 Å². The molecule has 2 heteroatoms. The van der Waals surface area contributed by atoms with Gasteiger partial charge in [-0.15, -0.1) is 0 Å². The molecule has 0 aromatic rings. The van der Waals surface area contributed by atoms with Crippen LogP contribution >= 0.6 is 0 Å². The van der Waals surface area contributed by atoms with E-state index in [1.165, 1.54) is 0 Å². The Hall–Kier alpha value is -0.0800. The summed E-state index contributed by atoms with van der Waals surface area (Å²) < 4.78 is 0. The van der Waals surface area contributed by atoms with Gasteiger partial charge in [0.25, 0.3) is 0 Å². The molecule has 0 spiro atoms. The zero-order valence-corrected chi connectivity index (χ0v) is 7.33. The molecular formula is C9H16O2. The molecule has 0 radical (unpaired) electrons. The van der Waals surface area contributed by atoms with Gasteiger partial charge in [0.05, 0.1) is 11.7 Å². The second-order valence-corrected chi connectivity index (χ2v) is 4.73. The number of hydrogen-bond donors (Lipinski definition) is 2. The highest BCUT2D eigenvalue weighted by atomic mass is 16.3. The molecule has 0 aliphatic heterocycles. The Kier molecular flexibility index (Phi) is 1.13. The van der Waals surface area contributed by atoms with E-state index in [4.69, 9.17) is 0 Å². The van der Waals surface area contributed by atoms with Gasteiger partial charge >= 0.3 is 0 Å². The van der Waals surface area contributed by atoms with Crippen molar-refractivity contribution in [3.8, 4) is 0 Å². The highest BCUT2D eigenvalue weighted by molar-refractivity contribution is 5.20. The van der Waals surface area contributed by atoms with E-state index in [0.29, 0.717) is 5.92 Å². The zero-order valence-electron chi connectivity index (χ0n) is 7.33. The second-order valence-electron chi connectivity index (χ2n) is 4.73. The summed E-state index contributed by atoms with van der Waals surface area (Å²) in [6.07, 6.45) is 0.570. The fourth-order valence-electron chi connectivity index (χ4n) is 2.80. The average Bonchev–Trinajstić information content (AvgIpc) is 2.56. The fourth-order valence-corrected chi connectivity index (χ4v) is 2.80. The quantitative estimate of drug-likeness (QED) is 0.544. The molecule has 2 fully saturated rings. The molecule has 0 aromatic carbocycles. The summed E-state index contributed by atoms with van der Waals surface area (Å²) in [6, 6.07) is 0. The maximum atomic E-state index is 9.85. The fraction of sp³-hybridized carbons (Fsp3) is 1.00. The van der Waals surface area contributed by atoms with E-state index in [2.05, 4.69) is 6.92 Å². The zero-order chi connectivity index (χ0) is 8.44. The van der Waals surface area contributed by atoms with Gasteiger partial charge < -0.3 is 10.2 Å². The number of aliphatic hydroxyl groups is 2. The highest BCUT2D eigenvalue weighted by Gasteiger charge is 2.70. The van der Waals surface area contributed by atoms with Crippen molar-refractivity contribution in [1.29, 1.82) is 0 Å². The van der Waals surface area contributed by atoms with Crippen LogP contribution in [-0.4, -0.2) is 21.9 Å². The maximum Gasteiger partial charge on any atom is 0.0911 e. The molecule has 64 valence electrons. The summed E-state index contributed by atoms with van der Waals surface area (Å²) in [7, 11) is 0. The Labute approximate surface area is 67.2 Å². The topological polar surface area (TPSA) is 40.5 Å². The lowest BCUT2D eigenvalue weighted by Gasteiger charge is -2.31. The van der Waals surface area contributed by atoms with Crippen molar-refractivity contribution in [1.82, 2.24) is 0 Å². The van der Waals surface area contributed by atoms with E-state index >= 15 is 0 Å². The van der Waals surface area contributed by atoms with Crippen molar-refractivity contribution in [2.45, 2.75) is 38.9 Å². The number of rotatable bonds is 0. The molecule has 0 saturated heterocycles. The van der Waals surface area contributed by atoms with E-state index < -0.39 is 11.7 Å². The van der Waals surface area contributed by atoms with Gasteiger partial charge in [0.2, 0.25) is 0 Å². The minimum absolute atomic E-state index is 0.0307. The van der Waals surface area contributed by atoms with Crippen LogP contribution in [0.25, 0.3) is 0 Å². The molecule has 2 nitrogen and oxygen atoms in total. The summed E-state index contributed by atoms with van der Waals surface area (Å²) in [4.78, 5) is 0. The highest BCUT2D eigenvalue weighted by Crippen LogP contribution is 2.68. The molecule has 5 atom stereocenters. The molecule has 5 unspecified atom stereocenters. The minimum Gasteiger partial charge on any atom is -0.390 e. The summed E-state index contributed by atoms with van der Waals surface area (Å²) in [5.74, 6) is 0.801. The molecule has 2 N–H and O–H groups in total. The van der Waals surface area contributed by atoms with E-state index in [-0.39, 0.29) is 11.3 Å². The Bertz CT molecular complexity index is 200. The van der Waals surface area contributed by atoms with Gasteiger partial charge in [-0.25, -0.2) is 0 Å². The largest absolute Gasteiger partial charge is 0.390 e. The molecule has 0 aromatic heterocycles. The molecule has 2 rings (SSSR count). The lowest BCUT2D eigenvalue weighted by Crippen LogP contribution is -2.43. The predicted octanol–water partition coefficient (Wildman–Crippen LogP) is 0.774. The van der Waals surface area contributed by atoms with Crippen LogP contribution in [0.15, 0.2) is 0 Å². The SMILES string of the molecule is CC1C2CC2(C)C(O)C1(C)O. The first kappa shape index (κ1) is 7.56.